The zero-order valence-corrected chi connectivity index (χ0v) is 13.3. The first kappa shape index (κ1) is 16.5. The molecule has 5 nitrogen and oxygen atoms in total. The number of nitrogens with one attached hydrogen (secondary N) is 1. The van der Waals surface area contributed by atoms with Crippen molar-refractivity contribution in [3.63, 3.8) is 0 Å². The molecule has 0 unspecified atom stereocenters. The van der Waals surface area contributed by atoms with Gasteiger partial charge in [-0.2, -0.15) is 0 Å². The van der Waals surface area contributed by atoms with Crippen LogP contribution in [-0.4, -0.2) is 31.2 Å². The highest BCUT2D eigenvalue weighted by Crippen LogP contribution is 2.27. The summed E-state index contributed by atoms with van der Waals surface area (Å²) in [6.45, 7) is 6.38. The van der Waals surface area contributed by atoms with E-state index in [9.17, 15) is 9.59 Å². The highest BCUT2D eigenvalue weighted by atomic mass is 16.6. The van der Waals surface area contributed by atoms with Crippen molar-refractivity contribution in [2.24, 2.45) is 0 Å². The van der Waals surface area contributed by atoms with E-state index in [1.165, 1.54) is 0 Å². The van der Waals surface area contributed by atoms with Crippen molar-refractivity contribution in [3.8, 4) is 0 Å². The number of anilines is 1. The number of rotatable bonds is 5. The molecule has 1 saturated heterocycles. The van der Waals surface area contributed by atoms with Gasteiger partial charge < -0.3 is 14.8 Å². The summed E-state index contributed by atoms with van der Waals surface area (Å²) in [5.41, 5.74) is 2.86. The van der Waals surface area contributed by atoms with Crippen molar-refractivity contribution in [3.05, 3.63) is 29.3 Å². The Balaban J connectivity index is 1.93. The van der Waals surface area contributed by atoms with Crippen molar-refractivity contribution in [2.75, 3.05) is 18.5 Å². The number of carbonyl (C=O) groups is 2. The number of para-hydroxylation sites is 1. The van der Waals surface area contributed by atoms with Crippen LogP contribution in [-0.2, 0) is 19.1 Å². The van der Waals surface area contributed by atoms with E-state index in [4.69, 9.17) is 9.47 Å². The van der Waals surface area contributed by atoms with Gasteiger partial charge in [0.2, 0.25) is 0 Å². The molecule has 1 heterocycles. The summed E-state index contributed by atoms with van der Waals surface area (Å²) >= 11 is 0. The number of esters is 1. The lowest BCUT2D eigenvalue weighted by atomic mass is 9.98. The molecule has 1 aromatic rings. The van der Waals surface area contributed by atoms with E-state index >= 15 is 0 Å². The van der Waals surface area contributed by atoms with Crippen molar-refractivity contribution >= 4 is 17.6 Å². The van der Waals surface area contributed by atoms with Crippen LogP contribution in [0.4, 0.5) is 5.69 Å². The third kappa shape index (κ3) is 4.07. The van der Waals surface area contributed by atoms with E-state index in [-0.39, 0.29) is 12.5 Å². The van der Waals surface area contributed by atoms with Crippen LogP contribution in [0.15, 0.2) is 18.2 Å². The van der Waals surface area contributed by atoms with E-state index in [1.807, 2.05) is 25.1 Å². The van der Waals surface area contributed by atoms with E-state index in [1.54, 1.807) is 0 Å². The third-order valence-corrected chi connectivity index (χ3v) is 3.73. The smallest absolute Gasteiger partial charge is 0.335 e. The van der Waals surface area contributed by atoms with Crippen LogP contribution < -0.4 is 5.32 Å². The molecule has 0 aromatic heterocycles. The molecule has 1 aliphatic heterocycles. The Morgan fingerprint density at radius 2 is 2.18 bits per heavy atom. The third-order valence-electron chi connectivity index (χ3n) is 3.73. The Kier molecular flexibility index (Phi) is 5.55. The van der Waals surface area contributed by atoms with Gasteiger partial charge in [0.15, 0.2) is 12.7 Å². The standard InChI is InChI=1S/C17H23NO4/c1-11(2)13-7-4-6-12(3)16(13)18-15(19)10-22-17(20)14-8-5-9-21-14/h4,6-7,11,14H,5,8-10H2,1-3H3,(H,18,19)/t14-/m1/s1. The van der Waals surface area contributed by atoms with E-state index < -0.39 is 12.1 Å². The molecule has 0 aliphatic carbocycles. The number of amides is 1. The maximum Gasteiger partial charge on any atom is 0.335 e. The molecule has 0 radical (unpaired) electrons. The molecule has 1 amide bonds. The molecule has 0 spiro atoms. The zero-order chi connectivity index (χ0) is 16.1. The summed E-state index contributed by atoms with van der Waals surface area (Å²) in [7, 11) is 0. The Labute approximate surface area is 131 Å². The molecular weight excluding hydrogens is 282 g/mol. The van der Waals surface area contributed by atoms with Crippen LogP contribution in [0.1, 0.15) is 43.7 Å². The fourth-order valence-electron chi connectivity index (χ4n) is 2.51. The predicted molar refractivity (Wildman–Crippen MR) is 83.8 cm³/mol. The summed E-state index contributed by atoms with van der Waals surface area (Å²) < 4.78 is 10.3. The van der Waals surface area contributed by atoms with E-state index in [0.29, 0.717) is 18.9 Å². The van der Waals surface area contributed by atoms with Crippen LogP contribution in [0.25, 0.3) is 0 Å². The normalized spacial score (nSPS) is 17.5. The van der Waals surface area contributed by atoms with Crippen molar-refractivity contribution < 1.29 is 19.1 Å². The summed E-state index contributed by atoms with van der Waals surface area (Å²) in [4.78, 5) is 23.7. The lowest BCUT2D eigenvalue weighted by molar-refractivity contribution is -0.156. The van der Waals surface area contributed by atoms with Gasteiger partial charge in [0, 0.05) is 12.3 Å². The van der Waals surface area contributed by atoms with Gasteiger partial charge in [-0.05, 0) is 36.8 Å². The molecule has 1 aliphatic rings. The van der Waals surface area contributed by atoms with E-state index in [0.717, 1.165) is 23.2 Å². The molecule has 1 atom stereocenters. The molecule has 0 saturated carbocycles. The van der Waals surface area contributed by atoms with Gasteiger partial charge in [0.05, 0.1) is 0 Å². The Bertz CT molecular complexity index is 548. The monoisotopic (exact) mass is 305 g/mol. The van der Waals surface area contributed by atoms with Gasteiger partial charge in [-0.25, -0.2) is 4.79 Å². The first-order chi connectivity index (χ1) is 10.5. The van der Waals surface area contributed by atoms with Crippen molar-refractivity contribution in [2.45, 2.75) is 45.6 Å². The highest BCUT2D eigenvalue weighted by molar-refractivity contribution is 5.94. The topological polar surface area (TPSA) is 64.6 Å². The molecule has 0 bridgehead atoms. The number of hydrogen-bond acceptors (Lipinski definition) is 4. The number of aryl methyl sites for hydroxylation is 1. The fourth-order valence-corrected chi connectivity index (χ4v) is 2.51. The summed E-state index contributed by atoms with van der Waals surface area (Å²) in [6, 6.07) is 5.91. The average molecular weight is 305 g/mol. The van der Waals surface area contributed by atoms with Crippen LogP contribution >= 0.6 is 0 Å². The summed E-state index contributed by atoms with van der Waals surface area (Å²) in [5.74, 6) is -0.492. The molecule has 5 heteroatoms. The van der Waals surface area contributed by atoms with Crippen molar-refractivity contribution in [1.82, 2.24) is 0 Å². The second kappa shape index (κ2) is 7.40. The maximum absolute atomic E-state index is 12.0. The molecule has 1 N–H and O–H groups in total. The number of benzene rings is 1. The SMILES string of the molecule is Cc1cccc(C(C)C)c1NC(=O)COC(=O)[C@H]1CCCO1. The van der Waals surface area contributed by atoms with Gasteiger partial charge in [0.25, 0.3) is 5.91 Å². The van der Waals surface area contributed by atoms with Crippen LogP contribution in [0.5, 0.6) is 0 Å². The van der Waals surface area contributed by atoms with Gasteiger partial charge >= 0.3 is 5.97 Å². The predicted octanol–water partition coefficient (Wildman–Crippen LogP) is 2.78. The number of carbonyl (C=O) groups excluding carboxylic acids is 2. The van der Waals surface area contributed by atoms with Gasteiger partial charge in [-0.3, -0.25) is 4.79 Å². The molecular formula is C17H23NO4. The number of ether oxygens (including phenoxy) is 2. The fraction of sp³-hybridized carbons (Fsp3) is 0.529. The minimum Gasteiger partial charge on any atom is -0.454 e. The van der Waals surface area contributed by atoms with Gasteiger partial charge in [-0.1, -0.05) is 32.0 Å². The largest absolute Gasteiger partial charge is 0.454 e. The average Bonchev–Trinajstić information content (AvgIpc) is 3.01. The van der Waals surface area contributed by atoms with Crippen LogP contribution in [0.2, 0.25) is 0 Å². The lowest BCUT2D eigenvalue weighted by Gasteiger charge is -2.16. The van der Waals surface area contributed by atoms with Crippen LogP contribution in [0, 0.1) is 6.92 Å². The Morgan fingerprint density at radius 1 is 1.41 bits per heavy atom. The first-order valence-electron chi connectivity index (χ1n) is 7.66. The Hall–Kier alpha value is -1.88. The summed E-state index contributed by atoms with van der Waals surface area (Å²) in [6.07, 6.45) is 1.00. The molecule has 1 aromatic carbocycles. The van der Waals surface area contributed by atoms with Crippen LogP contribution in [0.3, 0.4) is 0 Å². The number of hydrogen-bond donors (Lipinski definition) is 1. The quantitative estimate of drug-likeness (QED) is 0.850. The van der Waals surface area contributed by atoms with Gasteiger partial charge in [-0.15, -0.1) is 0 Å². The lowest BCUT2D eigenvalue weighted by Crippen LogP contribution is -2.27. The van der Waals surface area contributed by atoms with Gasteiger partial charge in [0.1, 0.15) is 0 Å². The minimum atomic E-state index is -0.516. The second-order valence-electron chi connectivity index (χ2n) is 5.85. The first-order valence-corrected chi connectivity index (χ1v) is 7.66. The molecule has 2 rings (SSSR count). The highest BCUT2D eigenvalue weighted by Gasteiger charge is 2.25. The Morgan fingerprint density at radius 3 is 2.82 bits per heavy atom. The second-order valence-corrected chi connectivity index (χ2v) is 5.85. The molecule has 120 valence electrons. The summed E-state index contributed by atoms with van der Waals surface area (Å²) in [5, 5.41) is 2.85. The van der Waals surface area contributed by atoms with Crippen molar-refractivity contribution in [1.29, 1.82) is 0 Å². The zero-order valence-electron chi connectivity index (χ0n) is 13.3. The maximum atomic E-state index is 12.0. The molecule has 1 fully saturated rings. The minimum absolute atomic E-state index is 0.287. The van der Waals surface area contributed by atoms with E-state index in [2.05, 4.69) is 19.2 Å². The molecule has 22 heavy (non-hydrogen) atoms.